The Labute approximate surface area is 128 Å². The molecule has 1 aliphatic heterocycles. The molecule has 1 fully saturated rings. The van der Waals surface area contributed by atoms with Crippen molar-refractivity contribution >= 4 is 5.78 Å². The number of hydrogen-bond donors (Lipinski definition) is 4. The third-order valence-electron chi connectivity index (χ3n) is 3.69. The van der Waals surface area contributed by atoms with Gasteiger partial charge in [0.05, 0.1) is 37.8 Å². The van der Waals surface area contributed by atoms with E-state index in [4.69, 9.17) is 20.1 Å². The largest absolute Gasteiger partial charge is 0.395 e. The van der Waals surface area contributed by atoms with Crippen LogP contribution in [-0.2, 0) is 9.53 Å². The van der Waals surface area contributed by atoms with Crippen LogP contribution in [0.4, 0.5) is 0 Å². The van der Waals surface area contributed by atoms with Gasteiger partial charge in [-0.1, -0.05) is 0 Å². The molecule has 124 valence electrons. The Bertz CT molecular complexity index is 470. The fraction of sp³-hybridized carbons (Fsp3) is 0.643. The number of fused-ring (bicyclic) bond motifs is 1. The summed E-state index contributed by atoms with van der Waals surface area (Å²) in [7, 11) is 0. The zero-order valence-electron chi connectivity index (χ0n) is 12.3. The van der Waals surface area contributed by atoms with E-state index < -0.39 is 5.79 Å². The van der Waals surface area contributed by atoms with Crippen molar-refractivity contribution in [1.29, 1.82) is 0 Å². The molecular weight excluding hydrogens is 292 g/mol. The van der Waals surface area contributed by atoms with Crippen molar-refractivity contribution in [1.82, 2.24) is 9.80 Å². The Morgan fingerprint density at radius 2 is 1.91 bits per heavy atom. The fourth-order valence-corrected chi connectivity index (χ4v) is 2.69. The van der Waals surface area contributed by atoms with Gasteiger partial charge in [-0.2, -0.15) is 0 Å². The van der Waals surface area contributed by atoms with Gasteiger partial charge in [-0.3, -0.25) is 4.79 Å². The lowest BCUT2D eigenvalue weighted by molar-refractivity contribution is -0.179. The first-order chi connectivity index (χ1) is 10.6. The van der Waals surface area contributed by atoms with Gasteiger partial charge >= 0.3 is 0 Å². The number of carbonyl (C=O) groups is 1. The summed E-state index contributed by atoms with van der Waals surface area (Å²) in [5.41, 5.74) is 0.481. The Morgan fingerprint density at radius 3 is 2.50 bits per heavy atom. The highest BCUT2D eigenvalue weighted by molar-refractivity contribution is 6.05. The lowest BCUT2D eigenvalue weighted by Gasteiger charge is -2.43. The van der Waals surface area contributed by atoms with E-state index in [1.165, 1.54) is 17.1 Å². The molecule has 0 aromatic rings. The number of ketones is 1. The molecule has 1 aliphatic carbocycles. The second-order valence-electron chi connectivity index (χ2n) is 5.11. The predicted octanol–water partition coefficient (Wildman–Crippen LogP) is -2.36. The highest BCUT2D eigenvalue weighted by Crippen LogP contribution is 2.33. The SMILES string of the molecule is O=C1C=C2N(CCO)CCOC2(O)C=C1N(CCO)CCO. The number of hydrogen-bond acceptors (Lipinski definition) is 8. The number of aliphatic hydroxyl groups excluding tert-OH is 3. The van der Waals surface area contributed by atoms with Crippen molar-refractivity contribution in [3.05, 3.63) is 23.5 Å². The van der Waals surface area contributed by atoms with Crippen LogP contribution in [0.3, 0.4) is 0 Å². The van der Waals surface area contributed by atoms with Crippen molar-refractivity contribution < 1.29 is 30.0 Å². The minimum Gasteiger partial charge on any atom is -0.395 e. The molecule has 0 spiro atoms. The molecule has 2 rings (SSSR count). The van der Waals surface area contributed by atoms with Crippen LogP contribution in [0.5, 0.6) is 0 Å². The van der Waals surface area contributed by atoms with Crippen LogP contribution in [0.2, 0.25) is 0 Å². The van der Waals surface area contributed by atoms with Crippen molar-refractivity contribution in [3.63, 3.8) is 0 Å². The number of morpholine rings is 1. The number of rotatable bonds is 7. The molecule has 0 saturated carbocycles. The van der Waals surface area contributed by atoms with Gasteiger partial charge in [-0.15, -0.1) is 0 Å². The van der Waals surface area contributed by atoms with Crippen LogP contribution in [0.15, 0.2) is 23.5 Å². The molecule has 8 nitrogen and oxygen atoms in total. The molecule has 1 unspecified atom stereocenters. The van der Waals surface area contributed by atoms with Crippen LogP contribution < -0.4 is 0 Å². The van der Waals surface area contributed by atoms with Gasteiger partial charge in [-0.05, 0) is 0 Å². The number of nitrogens with zero attached hydrogens (tertiary/aromatic N) is 2. The van der Waals surface area contributed by atoms with Crippen molar-refractivity contribution in [3.8, 4) is 0 Å². The Hall–Kier alpha value is -1.45. The van der Waals surface area contributed by atoms with Crippen molar-refractivity contribution in [2.24, 2.45) is 0 Å². The van der Waals surface area contributed by atoms with E-state index in [0.29, 0.717) is 18.8 Å². The molecule has 1 saturated heterocycles. The number of ether oxygens (including phenoxy) is 1. The zero-order valence-corrected chi connectivity index (χ0v) is 12.3. The molecule has 0 bridgehead atoms. The first-order valence-electron chi connectivity index (χ1n) is 7.24. The average Bonchev–Trinajstić information content (AvgIpc) is 2.48. The number of carbonyl (C=O) groups excluding carboxylic acids is 1. The molecular formula is C14H22N2O6. The summed E-state index contributed by atoms with van der Waals surface area (Å²) in [6.45, 7) is 0.891. The maximum absolute atomic E-state index is 12.3. The first-order valence-corrected chi connectivity index (χ1v) is 7.24. The predicted molar refractivity (Wildman–Crippen MR) is 76.5 cm³/mol. The van der Waals surface area contributed by atoms with Crippen LogP contribution in [-0.4, -0.2) is 94.4 Å². The fourth-order valence-electron chi connectivity index (χ4n) is 2.69. The molecule has 4 N–H and O–H groups in total. The third-order valence-corrected chi connectivity index (χ3v) is 3.69. The maximum Gasteiger partial charge on any atom is 0.230 e. The van der Waals surface area contributed by atoms with Crippen molar-refractivity contribution in [2.45, 2.75) is 5.79 Å². The Morgan fingerprint density at radius 1 is 1.23 bits per heavy atom. The topological polar surface area (TPSA) is 114 Å². The lowest BCUT2D eigenvalue weighted by Crippen LogP contribution is -2.52. The summed E-state index contributed by atoms with van der Waals surface area (Å²) in [5, 5.41) is 37.9. The monoisotopic (exact) mass is 314 g/mol. The normalized spacial score (nSPS) is 24.7. The second-order valence-corrected chi connectivity index (χ2v) is 5.11. The summed E-state index contributed by atoms with van der Waals surface area (Å²) in [6.07, 6.45) is 2.59. The number of allylic oxidation sites excluding steroid dienone is 1. The molecule has 1 atom stereocenters. The van der Waals surface area contributed by atoms with E-state index in [-0.39, 0.29) is 51.0 Å². The summed E-state index contributed by atoms with van der Waals surface area (Å²) < 4.78 is 5.41. The van der Waals surface area contributed by atoms with Gasteiger partial charge < -0.3 is 35.0 Å². The smallest absolute Gasteiger partial charge is 0.230 e. The van der Waals surface area contributed by atoms with E-state index in [9.17, 15) is 9.90 Å². The molecule has 0 aromatic heterocycles. The van der Waals surface area contributed by atoms with E-state index in [2.05, 4.69) is 0 Å². The van der Waals surface area contributed by atoms with Gasteiger partial charge in [0, 0.05) is 38.3 Å². The van der Waals surface area contributed by atoms with Crippen LogP contribution in [0.1, 0.15) is 0 Å². The minimum atomic E-state index is -1.74. The lowest BCUT2D eigenvalue weighted by atomic mass is 9.98. The highest BCUT2D eigenvalue weighted by atomic mass is 16.6. The summed E-state index contributed by atoms with van der Waals surface area (Å²) >= 11 is 0. The summed E-state index contributed by atoms with van der Waals surface area (Å²) in [6, 6.07) is 0. The number of β-amino-alcohol motifs (C(OH)–C–C–N with tert-alkyl or cyclic N) is 1. The van der Waals surface area contributed by atoms with Crippen LogP contribution in [0.25, 0.3) is 0 Å². The van der Waals surface area contributed by atoms with Gasteiger partial charge in [0.1, 0.15) is 0 Å². The highest BCUT2D eigenvalue weighted by Gasteiger charge is 2.42. The van der Waals surface area contributed by atoms with E-state index >= 15 is 0 Å². The number of aliphatic hydroxyl groups is 4. The van der Waals surface area contributed by atoms with Crippen LogP contribution in [0, 0.1) is 0 Å². The van der Waals surface area contributed by atoms with Crippen molar-refractivity contribution in [2.75, 3.05) is 52.6 Å². The molecule has 2 aliphatic rings. The van der Waals surface area contributed by atoms with Gasteiger partial charge in [-0.25, -0.2) is 0 Å². The molecule has 1 heterocycles. The van der Waals surface area contributed by atoms with Gasteiger partial charge in [0.15, 0.2) is 0 Å². The van der Waals surface area contributed by atoms with Gasteiger partial charge in [0.2, 0.25) is 11.6 Å². The summed E-state index contributed by atoms with van der Waals surface area (Å²) in [4.78, 5) is 15.5. The Balaban J connectivity index is 2.30. The Kier molecular flexibility index (Phi) is 5.54. The standard InChI is InChI=1S/C14H22N2O6/c17-5-1-15(2-6-18)11-10-14(21)13(9-12(11)20)16(3-7-19)4-8-22-14/h9-10,17-19,21H,1-8H2. The first kappa shape index (κ1) is 16.9. The van der Waals surface area contributed by atoms with E-state index in [0.717, 1.165) is 0 Å². The van der Waals surface area contributed by atoms with E-state index in [1.54, 1.807) is 4.90 Å². The maximum atomic E-state index is 12.3. The van der Waals surface area contributed by atoms with Crippen LogP contribution >= 0.6 is 0 Å². The molecule has 0 amide bonds. The summed E-state index contributed by atoms with van der Waals surface area (Å²) in [5.74, 6) is -2.07. The molecule has 22 heavy (non-hydrogen) atoms. The van der Waals surface area contributed by atoms with Gasteiger partial charge in [0.25, 0.3) is 0 Å². The van der Waals surface area contributed by atoms with E-state index in [1.807, 2.05) is 0 Å². The third kappa shape index (κ3) is 3.31. The minimum absolute atomic E-state index is 0.0979. The molecule has 0 radical (unpaired) electrons. The second kappa shape index (κ2) is 7.21. The zero-order chi connectivity index (χ0) is 16.2. The average molecular weight is 314 g/mol. The molecule has 8 heteroatoms. The quantitative estimate of drug-likeness (QED) is 0.413. The molecule has 0 aromatic carbocycles.